The van der Waals surface area contributed by atoms with Gasteiger partial charge in [0.25, 0.3) is 0 Å². The first-order valence-electron chi connectivity index (χ1n) is 5.39. The number of nitrogens with zero attached hydrogens (tertiary/aromatic N) is 1. The molecule has 0 fully saturated rings. The second-order valence-corrected chi connectivity index (χ2v) is 4.14. The zero-order valence-corrected chi connectivity index (χ0v) is 9.49. The number of unbranched alkanes of at least 4 members (excludes halogenated alkanes) is 1. The maximum atomic E-state index is 5.28. The quantitative estimate of drug-likeness (QED) is 0.649. The van der Waals surface area contributed by atoms with Crippen molar-refractivity contribution >= 4 is 0 Å². The van der Waals surface area contributed by atoms with Gasteiger partial charge in [-0.2, -0.15) is 0 Å². The van der Waals surface area contributed by atoms with Gasteiger partial charge in [-0.1, -0.05) is 6.42 Å². The maximum Gasteiger partial charge on any atom is 0.103 e. The Morgan fingerprint density at radius 3 is 2.71 bits per heavy atom. The summed E-state index contributed by atoms with van der Waals surface area (Å²) in [5.74, 6) is 1.11. The predicted octanol–water partition coefficient (Wildman–Crippen LogP) is 2.94. The normalized spacial score (nSPS) is 13.4. The molecule has 0 spiro atoms. The van der Waals surface area contributed by atoms with E-state index in [1.807, 2.05) is 6.07 Å². The maximum absolute atomic E-state index is 5.28. The molecule has 0 aliphatic rings. The Hall–Kier alpha value is -0.760. The molecule has 2 heteroatoms. The van der Waals surface area contributed by atoms with Crippen molar-refractivity contribution in [2.75, 3.05) is 14.1 Å². The molecule has 0 bridgehead atoms. The second kappa shape index (κ2) is 5.86. The molecule has 0 radical (unpaired) electrons. The van der Waals surface area contributed by atoms with E-state index in [1.54, 1.807) is 6.26 Å². The highest BCUT2D eigenvalue weighted by Gasteiger charge is 2.03. The predicted molar refractivity (Wildman–Crippen MR) is 59.4 cm³/mol. The van der Waals surface area contributed by atoms with E-state index in [4.69, 9.17) is 4.42 Å². The molecule has 2 nitrogen and oxygen atoms in total. The SMILES string of the molecule is CC(CCCCc1ccco1)N(C)C. The zero-order valence-electron chi connectivity index (χ0n) is 9.49. The van der Waals surface area contributed by atoms with Crippen LogP contribution in [0.25, 0.3) is 0 Å². The lowest BCUT2D eigenvalue weighted by atomic mass is 10.1. The van der Waals surface area contributed by atoms with Gasteiger partial charge in [-0.05, 0) is 46.0 Å². The molecule has 1 unspecified atom stereocenters. The van der Waals surface area contributed by atoms with E-state index in [2.05, 4.69) is 32.0 Å². The minimum atomic E-state index is 0.687. The molecular formula is C12H21NO. The van der Waals surface area contributed by atoms with Gasteiger partial charge in [-0.3, -0.25) is 0 Å². The van der Waals surface area contributed by atoms with E-state index in [0.29, 0.717) is 6.04 Å². The Morgan fingerprint density at radius 1 is 1.36 bits per heavy atom. The Labute approximate surface area is 86.9 Å². The fraction of sp³-hybridized carbons (Fsp3) is 0.667. The highest BCUT2D eigenvalue weighted by molar-refractivity contribution is 4.97. The number of aryl methyl sites for hydroxylation is 1. The summed E-state index contributed by atoms with van der Waals surface area (Å²) < 4.78 is 5.28. The van der Waals surface area contributed by atoms with Crippen molar-refractivity contribution in [2.24, 2.45) is 0 Å². The van der Waals surface area contributed by atoms with Crippen molar-refractivity contribution in [1.29, 1.82) is 0 Å². The lowest BCUT2D eigenvalue weighted by molar-refractivity contribution is 0.291. The van der Waals surface area contributed by atoms with E-state index in [-0.39, 0.29) is 0 Å². The molecule has 1 rings (SSSR count). The minimum Gasteiger partial charge on any atom is -0.469 e. The van der Waals surface area contributed by atoms with Crippen LogP contribution in [-0.2, 0) is 6.42 Å². The first-order valence-corrected chi connectivity index (χ1v) is 5.39. The van der Waals surface area contributed by atoms with E-state index in [9.17, 15) is 0 Å². The van der Waals surface area contributed by atoms with Crippen LogP contribution in [0.3, 0.4) is 0 Å². The third kappa shape index (κ3) is 3.97. The van der Waals surface area contributed by atoms with Gasteiger partial charge in [0.1, 0.15) is 5.76 Å². The van der Waals surface area contributed by atoms with Crippen molar-refractivity contribution in [3.8, 4) is 0 Å². The molecule has 0 aliphatic carbocycles. The topological polar surface area (TPSA) is 16.4 Å². The van der Waals surface area contributed by atoms with E-state index in [0.717, 1.165) is 12.2 Å². The van der Waals surface area contributed by atoms with Crippen LogP contribution in [0.4, 0.5) is 0 Å². The van der Waals surface area contributed by atoms with Crippen LogP contribution in [0.2, 0.25) is 0 Å². The monoisotopic (exact) mass is 195 g/mol. The van der Waals surface area contributed by atoms with Crippen LogP contribution in [0.1, 0.15) is 31.9 Å². The molecule has 1 aromatic rings. The summed E-state index contributed by atoms with van der Waals surface area (Å²) in [6, 6.07) is 4.69. The molecule has 0 amide bonds. The van der Waals surface area contributed by atoms with Gasteiger partial charge in [0.2, 0.25) is 0 Å². The average Bonchev–Trinajstić information content (AvgIpc) is 2.64. The summed E-state index contributed by atoms with van der Waals surface area (Å²) in [6.07, 6.45) is 6.60. The lowest BCUT2D eigenvalue weighted by Gasteiger charge is -2.19. The smallest absolute Gasteiger partial charge is 0.103 e. The molecule has 80 valence electrons. The standard InChI is InChI=1S/C12H21NO/c1-11(13(2)3)7-4-5-8-12-9-6-10-14-12/h6,9-11H,4-5,7-8H2,1-3H3. The van der Waals surface area contributed by atoms with Gasteiger partial charge in [0.05, 0.1) is 6.26 Å². The Bertz CT molecular complexity index is 228. The van der Waals surface area contributed by atoms with Crippen LogP contribution < -0.4 is 0 Å². The van der Waals surface area contributed by atoms with Crippen LogP contribution >= 0.6 is 0 Å². The van der Waals surface area contributed by atoms with Crippen molar-refractivity contribution in [1.82, 2.24) is 4.90 Å². The molecule has 0 aliphatic heterocycles. The van der Waals surface area contributed by atoms with Gasteiger partial charge < -0.3 is 9.32 Å². The second-order valence-electron chi connectivity index (χ2n) is 4.14. The third-order valence-electron chi connectivity index (χ3n) is 2.76. The molecule has 1 aromatic heterocycles. The largest absolute Gasteiger partial charge is 0.469 e. The van der Waals surface area contributed by atoms with Gasteiger partial charge >= 0.3 is 0 Å². The van der Waals surface area contributed by atoms with Crippen molar-refractivity contribution < 1.29 is 4.42 Å². The van der Waals surface area contributed by atoms with E-state index >= 15 is 0 Å². The minimum absolute atomic E-state index is 0.687. The molecule has 0 saturated carbocycles. The van der Waals surface area contributed by atoms with Gasteiger partial charge in [-0.15, -0.1) is 0 Å². The fourth-order valence-electron chi connectivity index (χ4n) is 1.45. The molecule has 0 aromatic carbocycles. The fourth-order valence-corrected chi connectivity index (χ4v) is 1.45. The Balaban J connectivity index is 2.05. The van der Waals surface area contributed by atoms with Crippen LogP contribution in [0, 0.1) is 0 Å². The lowest BCUT2D eigenvalue weighted by Crippen LogP contribution is -2.24. The van der Waals surface area contributed by atoms with Crippen LogP contribution in [0.5, 0.6) is 0 Å². The molecular weight excluding hydrogens is 174 g/mol. The Kier molecular flexibility index (Phi) is 4.74. The summed E-state index contributed by atoms with van der Waals surface area (Å²) in [4.78, 5) is 2.27. The van der Waals surface area contributed by atoms with E-state index < -0.39 is 0 Å². The van der Waals surface area contributed by atoms with Crippen molar-refractivity contribution in [2.45, 2.75) is 38.6 Å². The number of hydrogen-bond acceptors (Lipinski definition) is 2. The summed E-state index contributed by atoms with van der Waals surface area (Å²) in [6.45, 7) is 2.27. The number of furan rings is 1. The first kappa shape index (κ1) is 11.3. The highest BCUT2D eigenvalue weighted by Crippen LogP contribution is 2.09. The molecule has 0 N–H and O–H groups in total. The van der Waals surface area contributed by atoms with Gasteiger partial charge in [0.15, 0.2) is 0 Å². The molecule has 1 heterocycles. The molecule has 0 saturated heterocycles. The van der Waals surface area contributed by atoms with E-state index in [1.165, 1.54) is 19.3 Å². The Morgan fingerprint density at radius 2 is 2.14 bits per heavy atom. The van der Waals surface area contributed by atoms with Crippen molar-refractivity contribution in [3.63, 3.8) is 0 Å². The summed E-state index contributed by atoms with van der Waals surface area (Å²) in [5, 5.41) is 0. The van der Waals surface area contributed by atoms with Gasteiger partial charge in [-0.25, -0.2) is 0 Å². The summed E-state index contributed by atoms with van der Waals surface area (Å²) in [5.41, 5.74) is 0. The number of hydrogen-bond donors (Lipinski definition) is 0. The summed E-state index contributed by atoms with van der Waals surface area (Å²) >= 11 is 0. The van der Waals surface area contributed by atoms with Gasteiger partial charge in [0, 0.05) is 12.5 Å². The average molecular weight is 195 g/mol. The number of rotatable bonds is 6. The van der Waals surface area contributed by atoms with Crippen LogP contribution in [0.15, 0.2) is 22.8 Å². The molecule has 1 atom stereocenters. The third-order valence-corrected chi connectivity index (χ3v) is 2.76. The van der Waals surface area contributed by atoms with Crippen LogP contribution in [-0.4, -0.2) is 25.0 Å². The zero-order chi connectivity index (χ0) is 10.4. The van der Waals surface area contributed by atoms with Crippen molar-refractivity contribution in [3.05, 3.63) is 24.2 Å². The molecule has 14 heavy (non-hydrogen) atoms. The first-order chi connectivity index (χ1) is 6.70. The summed E-state index contributed by atoms with van der Waals surface area (Å²) in [7, 11) is 4.27. The highest BCUT2D eigenvalue weighted by atomic mass is 16.3.